The van der Waals surface area contributed by atoms with E-state index in [0.29, 0.717) is 0 Å². The van der Waals surface area contributed by atoms with E-state index in [1.54, 1.807) is 0 Å². The lowest BCUT2D eigenvalue weighted by Gasteiger charge is -2.28. The van der Waals surface area contributed by atoms with Gasteiger partial charge in [-0.2, -0.15) is 0 Å². The van der Waals surface area contributed by atoms with Gasteiger partial charge in [-0.1, -0.05) is 49.4 Å². The molecule has 190 valence electrons. The third kappa shape index (κ3) is 5.12. The van der Waals surface area contributed by atoms with Crippen LogP contribution in [0.5, 0.6) is 0 Å². The molecule has 1 aliphatic rings. The van der Waals surface area contributed by atoms with Crippen LogP contribution in [0.1, 0.15) is 53.6 Å². The van der Waals surface area contributed by atoms with Crippen LogP contribution >= 0.6 is 12.2 Å². The van der Waals surface area contributed by atoms with E-state index in [-0.39, 0.29) is 12.1 Å². The van der Waals surface area contributed by atoms with Crippen LogP contribution in [-0.2, 0) is 6.42 Å². The van der Waals surface area contributed by atoms with E-state index in [0.717, 1.165) is 42.4 Å². The highest BCUT2D eigenvalue weighted by Gasteiger charge is 2.41. The number of pyridine rings is 1. The highest BCUT2D eigenvalue weighted by Crippen LogP contribution is 2.41. The molecule has 3 heterocycles. The van der Waals surface area contributed by atoms with E-state index >= 15 is 0 Å². The number of para-hydroxylation sites is 2. The number of nitrogens with zero attached hydrogens (tertiary/aromatic N) is 3. The zero-order valence-electron chi connectivity index (χ0n) is 21.8. The minimum atomic E-state index is -0.00819. The Bertz CT molecular complexity index is 1350. The summed E-state index contributed by atoms with van der Waals surface area (Å²) in [4.78, 5) is 7.08. The van der Waals surface area contributed by atoms with Crippen molar-refractivity contribution in [2.45, 2.75) is 45.7 Å². The Morgan fingerprint density at radius 1 is 0.973 bits per heavy atom. The topological polar surface area (TPSA) is 45.1 Å². The van der Waals surface area contributed by atoms with Crippen LogP contribution in [-0.4, -0.2) is 32.7 Å². The average Bonchev–Trinajstić information content (AvgIpc) is 3.41. The van der Waals surface area contributed by atoms with Gasteiger partial charge in [0.1, 0.15) is 0 Å². The normalized spacial score (nSPS) is 17.2. The fraction of sp³-hybridized carbons (Fsp3) is 0.290. The van der Waals surface area contributed by atoms with Gasteiger partial charge in [0.25, 0.3) is 0 Å². The molecule has 2 aromatic carbocycles. The predicted molar refractivity (Wildman–Crippen MR) is 156 cm³/mol. The molecule has 0 bridgehead atoms. The molecule has 0 unspecified atom stereocenters. The first-order valence-electron chi connectivity index (χ1n) is 13.1. The summed E-state index contributed by atoms with van der Waals surface area (Å²) in [6.45, 7) is 8.39. The third-order valence-corrected chi connectivity index (χ3v) is 7.63. The second-order valence-electron chi connectivity index (χ2n) is 9.61. The molecule has 2 N–H and O–H groups in total. The maximum absolute atomic E-state index is 5.91. The van der Waals surface area contributed by atoms with Crippen molar-refractivity contribution >= 4 is 23.0 Å². The number of benzene rings is 2. The summed E-state index contributed by atoms with van der Waals surface area (Å²) < 4.78 is 2.40. The molecular weight excluding hydrogens is 474 g/mol. The first kappa shape index (κ1) is 25.0. The Balaban J connectivity index is 1.47. The van der Waals surface area contributed by atoms with E-state index < -0.39 is 0 Å². The number of thiocarbonyl (C=S) groups is 1. The molecule has 5 nitrogen and oxygen atoms in total. The molecule has 1 aliphatic heterocycles. The van der Waals surface area contributed by atoms with Gasteiger partial charge in [-0.3, -0.25) is 4.98 Å². The summed E-state index contributed by atoms with van der Waals surface area (Å²) in [5.74, 6) is 0. The Morgan fingerprint density at radius 2 is 1.73 bits per heavy atom. The van der Waals surface area contributed by atoms with Crippen molar-refractivity contribution in [3.63, 3.8) is 0 Å². The molecule has 6 heteroatoms. The van der Waals surface area contributed by atoms with Crippen LogP contribution in [0, 0.1) is 13.8 Å². The maximum Gasteiger partial charge on any atom is 0.170 e. The molecule has 1 fully saturated rings. The lowest BCUT2D eigenvalue weighted by atomic mass is 9.96. The zero-order valence-corrected chi connectivity index (χ0v) is 22.6. The number of aryl methyl sites for hydroxylation is 2. The van der Waals surface area contributed by atoms with Crippen LogP contribution in [0.25, 0.3) is 5.69 Å². The van der Waals surface area contributed by atoms with Gasteiger partial charge in [0.05, 0.1) is 17.8 Å². The van der Waals surface area contributed by atoms with Crippen LogP contribution < -0.4 is 10.6 Å². The van der Waals surface area contributed by atoms with E-state index in [2.05, 4.69) is 108 Å². The van der Waals surface area contributed by atoms with Crippen molar-refractivity contribution in [1.82, 2.24) is 19.8 Å². The van der Waals surface area contributed by atoms with Gasteiger partial charge in [-0.25, -0.2) is 0 Å². The van der Waals surface area contributed by atoms with Crippen molar-refractivity contribution in [2.24, 2.45) is 0 Å². The number of hydrogen-bond donors (Lipinski definition) is 2. The van der Waals surface area contributed by atoms with Gasteiger partial charge < -0.3 is 20.1 Å². The second-order valence-corrected chi connectivity index (χ2v) is 10.00. The molecule has 0 aliphatic carbocycles. The maximum atomic E-state index is 5.91. The summed E-state index contributed by atoms with van der Waals surface area (Å²) in [5.41, 5.74) is 8.54. The van der Waals surface area contributed by atoms with E-state index in [1.165, 1.54) is 28.2 Å². The van der Waals surface area contributed by atoms with Crippen molar-refractivity contribution < 1.29 is 0 Å². The van der Waals surface area contributed by atoms with Crippen molar-refractivity contribution in [1.29, 1.82) is 0 Å². The highest BCUT2D eigenvalue weighted by molar-refractivity contribution is 7.80. The molecule has 1 saturated heterocycles. The number of anilines is 1. The molecule has 0 saturated carbocycles. The van der Waals surface area contributed by atoms with Gasteiger partial charge in [0, 0.05) is 42.0 Å². The summed E-state index contributed by atoms with van der Waals surface area (Å²) in [6, 6.07) is 27.6. The fourth-order valence-electron chi connectivity index (χ4n) is 5.51. The Morgan fingerprint density at radius 3 is 2.49 bits per heavy atom. The van der Waals surface area contributed by atoms with Crippen LogP contribution in [0.4, 0.5) is 5.69 Å². The molecular formula is C31H35N5S. The second kappa shape index (κ2) is 11.2. The average molecular weight is 510 g/mol. The minimum absolute atomic E-state index is 0.00819. The third-order valence-electron chi connectivity index (χ3n) is 7.28. The van der Waals surface area contributed by atoms with E-state index in [4.69, 9.17) is 17.2 Å². The first-order valence-corrected chi connectivity index (χ1v) is 13.5. The minimum Gasteiger partial charge on any atom is -0.385 e. The SMILES string of the molecule is CCc1ccccc1-n1c(C)cc([C@H]2[C@@H](c3ccccn3)NC(=S)N2CCCNc2ccccc2)c1C. The van der Waals surface area contributed by atoms with Crippen LogP contribution in [0.2, 0.25) is 0 Å². The Labute approximate surface area is 225 Å². The molecule has 0 radical (unpaired) electrons. The number of rotatable bonds is 9. The molecule has 0 spiro atoms. The summed E-state index contributed by atoms with van der Waals surface area (Å²) in [7, 11) is 0. The molecule has 37 heavy (non-hydrogen) atoms. The van der Waals surface area contributed by atoms with Crippen molar-refractivity contribution in [2.75, 3.05) is 18.4 Å². The smallest absolute Gasteiger partial charge is 0.170 e. The largest absolute Gasteiger partial charge is 0.385 e. The molecule has 5 rings (SSSR count). The molecule has 0 amide bonds. The van der Waals surface area contributed by atoms with E-state index in [1.807, 2.05) is 18.3 Å². The molecule has 4 aromatic rings. The summed E-state index contributed by atoms with van der Waals surface area (Å²) in [6.07, 6.45) is 3.83. The Hall–Kier alpha value is -3.64. The lowest BCUT2D eigenvalue weighted by molar-refractivity contribution is 0.315. The van der Waals surface area contributed by atoms with Crippen molar-refractivity contribution in [3.05, 3.63) is 113 Å². The Kier molecular flexibility index (Phi) is 7.56. The lowest BCUT2D eigenvalue weighted by Crippen LogP contribution is -2.31. The van der Waals surface area contributed by atoms with Crippen LogP contribution in [0.3, 0.4) is 0 Å². The summed E-state index contributed by atoms with van der Waals surface area (Å²) >= 11 is 5.91. The standard InChI is InChI=1S/C31H35N5S/c1-4-24-13-8-9-17-28(24)36-22(2)21-26(23(36)3)30-29(27-16-10-11-18-33-27)34-31(37)35(30)20-12-19-32-25-14-6-5-7-15-25/h5-11,13-18,21,29-30,32H,4,12,19-20H2,1-3H3,(H,34,37)/t29-,30+/m1/s1. The number of aromatic nitrogens is 2. The van der Waals surface area contributed by atoms with Gasteiger partial charge >= 0.3 is 0 Å². The summed E-state index contributed by atoms with van der Waals surface area (Å²) in [5, 5.41) is 7.93. The van der Waals surface area contributed by atoms with Gasteiger partial charge in [-0.05, 0) is 86.4 Å². The first-order chi connectivity index (χ1) is 18.1. The van der Waals surface area contributed by atoms with Gasteiger partial charge in [0.15, 0.2) is 5.11 Å². The zero-order chi connectivity index (χ0) is 25.8. The van der Waals surface area contributed by atoms with E-state index in [9.17, 15) is 0 Å². The fourth-order valence-corrected chi connectivity index (χ4v) is 5.84. The molecule has 2 aromatic heterocycles. The molecule has 2 atom stereocenters. The highest BCUT2D eigenvalue weighted by atomic mass is 32.1. The van der Waals surface area contributed by atoms with Crippen LogP contribution in [0.15, 0.2) is 85.1 Å². The predicted octanol–water partition coefficient (Wildman–Crippen LogP) is 6.53. The number of nitrogens with one attached hydrogen (secondary N) is 2. The van der Waals surface area contributed by atoms with Crippen molar-refractivity contribution in [3.8, 4) is 5.69 Å². The van der Waals surface area contributed by atoms with Gasteiger partial charge in [-0.15, -0.1) is 0 Å². The quantitative estimate of drug-likeness (QED) is 0.198. The number of hydrogen-bond acceptors (Lipinski definition) is 3. The van der Waals surface area contributed by atoms with Gasteiger partial charge in [0.2, 0.25) is 0 Å². The monoisotopic (exact) mass is 509 g/mol.